The lowest BCUT2D eigenvalue weighted by Crippen LogP contribution is -2.44. The molecule has 0 heterocycles. The van der Waals surface area contributed by atoms with Gasteiger partial charge in [-0.15, -0.1) is 0 Å². The van der Waals surface area contributed by atoms with Crippen LogP contribution in [0.15, 0.2) is 0 Å². The van der Waals surface area contributed by atoms with Gasteiger partial charge >= 0.3 is 0 Å². The van der Waals surface area contributed by atoms with Crippen LogP contribution in [0.25, 0.3) is 0 Å². The molecule has 12 heavy (non-hydrogen) atoms. The Balaban J connectivity index is 4.34. The van der Waals surface area contributed by atoms with E-state index < -0.39 is 10.0 Å². The van der Waals surface area contributed by atoms with E-state index in [1.54, 1.807) is 0 Å². The first kappa shape index (κ1) is 11.9. The topological polar surface area (TPSA) is 46.2 Å². The third-order valence-corrected chi connectivity index (χ3v) is 2.88. The van der Waals surface area contributed by atoms with Gasteiger partial charge < -0.3 is 0 Å². The summed E-state index contributed by atoms with van der Waals surface area (Å²) in [6.45, 7) is 5.99. The van der Waals surface area contributed by atoms with Crippen molar-refractivity contribution in [3.63, 3.8) is 0 Å². The van der Waals surface area contributed by atoms with Gasteiger partial charge in [0.25, 0.3) is 0 Å². The van der Waals surface area contributed by atoms with E-state index in [1.165, 1.54) is 6.26 Å². The summed E-state index contributed by atoms with van der Waals surface area (Å²) in [5.74, 6) is 0. The minimum Gasteiger partial charge on any atom is -0.213 e. The van der Waals surface area contributed by atoms with Crippen molar-refractivity contribution in [1.29, 1.82) is 0 Å². The van der Waals surface area contributed by atoms with Gasteiger partial charge in [-0.25, -0.2) is 13.1 Å². The van der Waals surface area contributed by atoms with Crippen molar-refractivity contribution in [3.8, 4) is 0 Å². The minimum atomic E-state index is -3.07. The van der Waals surface area contributed by atoms with Gasteiger partial charge in [-0.1, -0.05) is 20.3 Å². The van der Waals surface area contributed by atoms with Crippen molar-refractivity contribution in [1.82, 2.24) is 4.72 Å². The molecule has 1 atom stereocenters. The summed E-state index contributed by atoms with van der Waals surface area (Å²) in [6.07, 6.45) is 3.91. The van der Waals surface area contributed by atoms with E-state index in [1.807, 2.05) is 13.8 Å². The Labute approximate surface area is 75.6 Å². The normalized spacial score (nSPS) is 17.3. The fourth-order valence-electron chi connectivity index (χ4n) is 1.30. The summed E-state index contributed by atoms with van der Waals surface area (Å²) >= 11 is 0. The highest BCUT2D eigenvalue weighted by Gasteiger charge is 2.24. The fourth-order valence-corrected chi connectivity index (χ4v) is 2.44. The molecule has 0 aliphatic rings. The highest BCUT2D eigenvalue weighted by Crippen LogP contribution is 2.16. The van der Waals surface area contributed by atoms with E-state index in [9.17, 15) is 8.42 Å². The van der Waals surface area contributed by atoms with Crippen molar-refractivity contribution in [2.75, 3.05) is 6.26 Å². The molecule has 74 valence electrons. The average Bonchev–Trinajstić information content (AvgIpc) is 1.84. The van der Waals surface area contributed by atoms with Crippen LogP contribution in [0.3, 0.4) is 0 Å². The Morgan fingerprint density at radius 3 is 2.08 bits per heavy atom. The van der Waals surface area contributed by atoms with E-state index in [2.05, 4.69) is 11.6 Å². The average molecular weight is 193 g/mol. The zero-order valence-electron chi connectivity index (χ0n) is 8.35. The lowest BCUT2D eigenvalue weighted by atomic mass is 9.95. The molecule has 0 aliphatic heterocycles. The van der Waals surface area contributed by atoms with Crippen molar-refractivity contribution < 1.29 is 8.42 Å². The van der Waals surface area contributed by atoms with Crippen LogP contribution in [0.4, 0.5) is 0 Å². The lowest BCUT2D eigenvalue weighted by Gasteiger charge is -2.27. The molecule has 0 aromatic heterocycles. The van der Waals surface area contributed by atoms with E-state index in [4.69, 9.17) is 0 Å². The number of hydrogen-bond acceptors (Lipinski definition) is 2. The molecule has 0 amide bonds. The molecule has 1 N–H and O–H groups in total. The Morgan fingerprint density at radius 1 is 1.33 bits per heavy atom. The fraction of sp³-hybridized carbons (Fsp3) is 1.00. The first-order chi connectivity index (χ1) is 5.33. The van der Waals surface area contributed by atoms with E-state index >= 15 is 0 Å². The van der Waals surface area contributed by atoms with Gasteiger partial charge in [0.2, 0.25) is 10.0 Å². The molecule has 1 unspecified atom stereocenters. The van der Waals surface area contributed by atoms with Gasteiger partial charge in [-0.2, -0.15) is 0 Å². The van der Waals surface area contributed by atoms with Crippen molar-refractivity contribution >= 4 is 10.0 Å². The zero-order chi connectivity index (χ0) is 9.83. The van der Waals surface area contributed by atoms with Crippen molar-refractivity contribution in [2.45, 2.75) is 45.6 Å². The van der Waals surface area contributed by atoms with Crippen LogP contribution >= 0.6 is 0 Å². The molecule has 0 radical (unpaired) electrons. The van der Waals surface area contributed by atoms with Gasteiger partial charge in [-0.05, 0) is 19.8 Å². The van der Waals surface area contributed by atoms with Crippen molar-refractivity contribution in [2.24, 2.45) is 0 Å². The number of sulfonamides is 1. The molecule has 0 fully saturated rings. The first-order valence-corrected chi connectivity index (χ1v) is 6.21. The number of rotatable bonds is 5. The molecule has 3 nitrogen and oxygen atoms in total. The number of nitrogens with one attached hydrogen (secondary N) is 1. The van der Waals surface area contributed by atoms with Crippen molar-refractivity contribution in [3.05, 3.63) is 0 Å². The summed E-state index contributed by atoms with van der Waals surface area (Å²) in [4.78, 5) is 0. The highest BCUT2D eigenvalue weighted by molar-refractivity contribution is 7.88. The van der Waals surface area contributed by atoms with Gasteiger partial charge in [0.1, 0.15) is 0 Å². The zero-order valence-corrected chi connectivity index (χ0v) is 9.16. The van der Waals surface area contributed by atoms with Crippen LogP contribution in [0.2, 0.25) is 0 Å². The largest absolute Gasteiger partial charge is 0.213 e. The molecule has 0 aliphatic carbocycles. The molecule has 0 saturated carbocycles. The van der Waals surface area contributed by atoms with Crippen LogP contribution in [0, 0.1) is 0 Å². The Bertz CT molecular complexity index is 223. The second-order valence-corrected chi connectivity index (χ2v) is 5.29. The van der Waals surface area contributed by atoms with E-state index in [0.29, 0.717) is 0 Å². The van der Waals surface area contributed by atoms with Crippen LogP contribution in [0.1, 0.15) is 40.0 Å². The molecule has 0 aromatic rings. The summed E-state index contributed by atoms with van der Waals surface area (Å²) < 4.78 is 24.6. The summed E-state index contributed by atoms with van der Waals surface area (Å²) in [5.41, 5.74) is -0.262. The molecule has 0 saturated heterocycles. The highest BCUT2D eigenvalue weighted by atomic mass is 32.2. The van der Waals surface area contributed by atoms with Gasteiger partial charge in [0.05, 0.1) is 6.26 Å². The third-order valence-electron chi connectivity index (χ3n) is 2.01. The second-order valence-electron chi connectivity index (χ2n) is 3.54. The molecule has 4 heteroatoms. The van der Waals surface area contributed by atoms with Gasteiger partial charge in [-0.3, -0.25) is 0 Å². The van der Waals surface area contributed by atoms with Crippen LogP contribution in [-0.4, -0.2) is 20.2 Å². The Kier molecular flexibility index (Phi) is 4.20. The summed E-state index contributed by atoms with van der Waals surface area (Å²) in [7, 11) is -3.07. The Morgan fingerprint density at radius 2 is 1.83 bits per heavy atom. The maximum absolute atomic E-state index is 11.0. The second kappa shape index (κ2) is 4.23. The maximum Gasteiger partial charge on any atom is 0.209 e. The predicted molar refractivity (Wildman–Crippen MR) is 51.6 cm³/mol. The smallest absolute Gasteiger partial charge is 0.209 e. The van der Waals surface area contributed by atoms with Gasteiger partial charge in [0.15, 0.2) is 0 Å². The van der Waals surface area contributed by atoms with E-state index in [0.717, 1.165) is 19.3 Å². The van der Waals surface area contributed by atoms with Crippen LogP contribution in [0.5, 0.6) is 0 Å². The lowest BCUT2D eigenvalue weighted by molar-refractivity contribution is 0.371. The van der Waals surface area contributed by atoms with Gasteiger partial charge in [0, 0.05) is 5.54 Å². The molecule has 0 rings (SSSR count). The third kappa shape index (κ3) is 4.72. The van der Waals surface area contributed by atoms with Crippen LogP contribution < -0.4 is 4.72 Å². The molecule has 0 bridgehead atoms. The van der Waals surface area contributed by atoms with Crippen LogP contribution in [-0.2, 0) is 10.0 Å². The minimum absolute atomic E-state index is 0.262. The first-order valence-electron chi connectivity index (χ1n) is 4.32. The maximum atomic E-state index is 11.0. The predicted octanol–water partition coefficient (Wildman–Crippen LogP) is 1.50. The summed E-state index contributed by atoms with van der Waals surface area (Å²) in [6, 6.07) is 0. The SMILES string of the molecule is CCCC(C)(CC)NS(C)(=O)=O. The molecular formula is C8H19NO2S. The monoisotopic (exact) mass is 193 g/mol. The van der Waals surface area contributed by atoms with E-state index in [-0.39, 0.29) is 5.54 Å². The standard InChI is InChI=1S/C8H19NO2S/c1-5-7-8(3,6-2)9-12(4,10)11/h9H,5-7H2,1-4H3. The Hall–Kier alpha value is -0.0900. The summed E-state index contributed by atoms with van der Waals surface area (Å²) in [5, 5.41) is 0. The molecule has 0 spiro atoms. The molecule has 0 aromatic carbocycles. The number of hydrogen-bond donors (Lipinski definition) is 1. The quantitative estimate of drug-likeness (QED) is 0.719. The molecular weight excluding hydrogens is 174 g/mol.